The summed E-state index contributed by atoms with van der Waals surface area (Å²) in [6.45, 7) is 3.84. The number of rotatable bonds is 20. The van der Waals surface area contributed by atoms with Crippen molar-refractivity contribution in [2.24, 2.45) is 30.7 Å². The second-order valence-corrected chi connectivity index (χ2v) is 18.1. The second kappa shape index (κ2) is 21.5. The maximum Gasteiger partial charge on any atom is 0.297 e. The number of benzene rings is 7. The molecular formula is C48H47N7O12S2. The molecule has 358 valence electrons. The molecule has 0 aliphatic heterocycles. The number of phenols is 1. The van der Waals surface area contributed by atoms with Crippen molar-refractivity contribution in [3.8, 4) is 34.5 Å². The lowest BCUT2D eigenvalue weighted by atomic mass is 10.1. The zero-order chi connectivity index (χ0) is 49.3. The van der Waals surface area contributed by atoms with Gasteiger partial charge in [0, 0.05) is 45.7 Å². The number of fused-ring (bicyclic) bond motifs is 2. The number of ether oxygens (including phenoxy) is 5. The van der Waals surface area contributed by atoms with Crippen molar-refractivity contribution in [3.05, 3.63) is 115 Å². The standard InChI is InChI=1S/C48H47N7O12S2/c1-6-21-66-43-10-7-9-36-35(43)18-20-38(48(36)69(60,61)62)51-52-39-26-46(67-22-8-23-68(57,58)59)40(24-29(39)2)53-55-42-28-44(64-4)41(27-45(42)65-5)54-50-37-19-11-30-25-32(14-17-34(30)47(37)56)49-31-12-15-33(63-3)16-13-31/h7,9-20,24-28,49,56H,6,8,21-23H2,1-5H3,(H,57,58,59)(H,60,61,62). The Morgan fingerprint density at radius 3 is 1.77 bits per heavy atom. The van der Waals surface area contributed by atoms with E-state index in [1.54, 1.807) is 50.4 Å². The van der Waals surface area contributed by atoms with Crippen LogP contribution in [-0.2, 0) is 20.2 Å². The highest BCUT2D eigenvalue weighted by Crippen LogP contribution is 2.45. The van der Waals surface area contributed by atoms with E-state index >= 15 is 0 Å². The molecular weight excluding hydrogens is 931 g/mol. The SMILES string of the molecule is CCCOc1cccc2c(S(=O)(=O)O)c(N=Nc3cc(OCCCS(=O)(=O)O)c(N=Nc4cc(OC)c(N=Nc5ccc6cc(Nc7ccc(OC)cc7)ccc6c5O)cc4OC)cc3C)ccc12. The van der Waals surface area contributed by atoms with Crippen molar-refractivity contribution in [3.63, 3.8) is 0 Å². The fourth-order valence-corrected chi connectivity index (χ4v) is 8.32. The van der Waals surface area contributed by atoms with E-state index in [2.05, 4.69) is 36.0 Å². The van der Waals surface area contributed by atoms with E-state index in [1.807, 2.05) is 49.4 Å². The van der Waals surface area contributed by atoms with Crippen LogP contribution in [0.5, 0.6) is 34.5 Å². The molecule has 0 aromatic heterocycles. The number of aromatic hydroxyl groups is 1. The number of phenolic OH excluding ortho intramolecular Hbond substituents is 1. The largest absolute Gasteiger partial charge is 0.505 e. The van der Waals surface area contributed by atoms with Gasteiger partial charge in [-0.3, -0.25) is 9.11 Å². The van der Waals surface area contributed by atoms with Crippen LogP contribution >= 0.6 is 0 Å². The Morgan fingerprint density at radius 2 is 1.13 bits per heavy atom. The summed E-state index contributed by atoms with van der Waals surface area (Å²) in [5.41, 5.74) is 3.05. The number of nitrogens with zero attached hydrogens (tertiary/aromatic N) is 6. The van der Waals surface area contributed by atoms with Crippen LogP contribution in [0, 0.1) is 6.92 Å². The third kappa shape index (κ3) is 12.1. The number of methoxy groups -OCH3 is 3. The maximum atomic E-state index is 12.8. The molecule has 7 aromatic rings. The number of anilines is 2. The number of azo groups is 3. The summed E-state index contributed by atoms with van der Waals surface area (Å²) >= 11 is 0. The summed E-state index contributed by atoms with van der Waals surface area (Å²) in [5, 5.41) is 42.5. The Kier molecular flexibility index (Phi) is 15.3. The Labute approximate surface area is 397 Å². The molecule has 0 unspecified atom stereocenters. The molecule has 0 atom stereocenters. The summed E-state index contributed by atoms with van der Waals surface area (Å²) in [6, 6.07) is 30.4. The van der Waals surface area contributed by atoms with Gasteiger partial charge in [-0.15, -0.1) is 25.6 Å². The van der Waals surface area contributed by atoms with Crippen molar-refractivity contribution in [2.75, 3.05) is 45.6 Å². The molecule has 0 saturated heterocycles. The van der Waals surface area contributed by atoms with Gasteiger partial charge >= 0.3 is 0 Å². The van der Waals surface area contributed by atoms with E-state index in [1.165, 1.54) is 44.6 Å². The van der Waals surface area contributed by atoms with Crippen LogP contribution in [0.4, 0.5) is 45.5 Å². The van der Waals surface area contributed by atoms with E-state index in [0.29, 0.717) is 28.7 Å². The van der Waals surface area contributed by atoms with Crippen molar-refractivity contribution in [1.29, 1.82) is 0 Å². The molecule has 21 heteroatoms. The Hall–Kier alpha value is -7.72. The van der Waals surface area contributed by atoms with E-state index in [-0.39, 0.29) is 75.5 Å². The smallest absolute Gasteiger partial charge is 0.297 e. The van der Waals surface area contributed by atoms with E-state index in [0.717, 1.165) is 28.9 Å². The molecule has 69 heavy (non-hydrogen) atoms. The van der Waals surface area contributed by atoms with Crippen LogP contribution in [-0.4, -0.2) is 71.3 Å². The van der Waals surface area contributed by atoms with E-state index in [4.69, 9.17) is 23.7 Å². The lowest BCUT2D eigenvalue weighted by molar-refractivity contribution is 0.317. The monoisotopic (exact) mass is 977 g/mol. The highest BCUT2D eigenvalue weighted by Gasteiger charge is 2.22. The minimum Gasteiger partial charge on any atom is -0.505 e. The van der Waals surface area contributed by atoms with Crippen LogP contribution in [0.25, 0.3) is 21.5 Å². The van der Waals surface area contributed by atoms with Crippen molar-refractivity contribution in [2.45, 2.75) is 31.6 Å². The number of hydrogen-bond donors (Lipinski definition) is 4. The maximum absolute atomic E-state index is 12.8. The molecule has 0 heterocycles. The predicted molar refractivity (Wildman–Crippen MR) is 261 cm³/mol. The zero-order valence-electron chi connectivity index (χ0n) is 37.9. The molecule has 0 radical (unpaired) electrons. The van der Waals surface area contributed by atoms with Gasteiger partial charge in [-0.2, -0.15) is 21.9 Å². The van der Waals surface area contributed by atoms with Gasteiger partial charge < -0.3 is 34.1 Å². The normalized spacial score (nSPS) is 12.1. The summed E-state index contributed by atoms with van der Waals surface area (Å²) in [7, 11) is -4.64. The summed E-state index contributed by atoms with van der Waals surface area (Å²) < 4.78 is 96.2. The molecule has 7 rings (SSSR count). The molecule has 0 fully saturated rings. The van der Waals surface area contributed by atoms with E-state index < -0.39 is 30.9 Å². The molecule has 0 bridgehead atoms. The van der Waals surface area contributed by atoms with Gasteiger partial charge in [-0.05, 0) is 104 Å². The number of aryl methyl sites for hydroxylation is 1. The van der Waals surface area contributed by atoms with Crippen LogP contribution < -0.4 is 29.0 Å². The lowest BCUT2D eigenvalue weighted by Crippen LogP contribution is -2.08. The van der Waals surface area contributed by atoms with Crippen LogP contribution in [0.2, 0.25) is 0 Å². The first kappa shape index (κ1) is 49.2. The average Bonchev–Trinajstić information content (AvgIpc) is 3.33. The zero-order valence-corrected chi connectivity index (χ0v) is 39.6. The van der Waals surface area contributed by atoms with Gasteiger partial charge in [0.1, 0.15) is 62.1 Å². The quantitative estimate of drug-likeness (QED) is 0.0315. The van der Waals surface area contributed by atoms with Gasteiger partial charge in [0.05, 0.1) is 46.0 Å². The third-order valence-corrected chi connectivity index (χ3v) is 12.1. The van der Waals surface area contributed by atoms with Gasteiger partial charge in [-0.1, -0.05) is 25.1 Å². The first-order valence-electron chi connectivity index (χ1n) is 21.2. The molecule has 0 saturated carbocycles. The van der Waals surface area contributed by atoms with Gasteiger partial charge in [0.15, 0.2) is 5.75 Å². The van der Waals surface area contributed by atoms with Crippen molar-refractivity contribution < 1.29 is 54.7 Å². The number of hydrogen-bond acceptors (Lipinski definition) is 17. The lowest BCUT2D eigenvalue weighted by Gasteiger charge is -2.12. The third-order valence-electron chi connectivity index (χ3n) is 10.4. The summed E-state index contributed by atoms with van der Waals surface area (Å²) in [4.78, 5) is -0.465. The molecule has 7 aromatic carbocycles. The van der Waals surface area contributed by atoms with E-state index in [9.17, 15) is 31.0 Å². The predicted octanol–water partition coefficient (Wildman–Crippen LogP) is 12.7. The highest BCUT2D eigenvalue weighted by molar-refractivity contribution is 7.86. The molecule has 0 aliphatic rings. The molecule has 4 N–H and O–H groups in total. The first-order valence-corrected chi connectivity index (χ1v) is 24.2. The van der Waals surface area contributed by atoms with Crippen LogP contribution in [0.15, 0.2) is 145 Å². The van der Waals surface area contributed by atoms with Crippen molar-refractivity contribution >= 4 is 87.3 Å². The van der Waals surface area contributed by atoms with Gasteiger partial charge in [0.25, 0.3) is 20.2 Å². The fourth-order valence-electron chi connectivity index (χ4n) is 7.01. The fraction of sp³-hybridized carbons (Fsp3) is 0.208. The summed E-state index contributed by atoms with van der Waals surface area (Å²) in [6.07, 6.45) is 0.639. The Balaban J connectivity index is 1.17. The first-order chi connectivity index (χ1) is 33.1. The number of nitrogens with one attached hydrogen (secondary N) is 1. The van der Waals surface area contributed by atoms with Crippen LogP contribution in [0.3, 0.4) is 0 Å². The summed E-state index contributed by atoms with van der Waals surface area (Å²) in [5.74, 6) is 1.07. The molecule has 0 aliphatic carbocycles. The minimum absolute atomic E-state index is 0.0780. The second-order valence-electron chi connectivity index (χ2n) is 15.2. The molecule has 0 amide bonds. The van der Waals surface area contributed by atoms with Crippen LogP contribution in [0.1, 0.15) is 25.3 Å². The topological polar surface area (TPSA) is 261 Å². The Bertz CT molecular complexity index is 3350. The van der Waals surface area contributed by atoms with Gasteiger partial charge in [0.2, 0.25) is 0 Å². The minimum atomic E-state index is -4.81. The highest BCUT2D eigenvalue weighted by atomic mass is 32.2. The average molecular weight is 978 g/mol. The Morgan fingerprint density at radius 1 is 0.551 bits per heavy atom. The van der Waals surface area contributed by atoms with Crippen molar-refractivity contribution in [1.82, 2.24) is 0 Å². The molecule has 19 nitrogen and oxygen atoms in total. The molecule has 0 spiro atoms. The van der Waals surface area contributed by atoms with Gasteiger partial charge in [-0.25, -0.2) is 0 Å².